The van der Waals surface area contributed by atoms with Gasteiger partial charge in [-0.25, -0.2) is 4.99 Å². The fourth-order valence-corrected chi connectivity index (χ4v) is 4.73. The summed E-state index contributed by atoms with van der Waals surface area (Å²) in [5.74, 6) is 0.293. The van der Waals surface area contributed by atoms with Crippen LogP contribution in [0, 0.1) is 0 Å². The van der Waals surface area contributed by atoms with Crippen molar-refractivity contribution in [3.63, 3.8) is 0 Å². The van der Waals surface area contributed by atoms with Crippen LogP contribution in [0.3, 0.4) is 0 Å². The number of aryl methyl sites for hydroxylation is 2. The topological polar surface area (TPSA) is 62.1 Å². The minimum Gasteiger partial charge on any atom is -0.504 e. The Morgan fingerprint density at radius 1 is 1.00 bits per heavy atom. The van der Waals surface area contributed by atoms with Crippen LogP contribution in [0.4, 0.5) is 11.4 Å². The number of methoxy groups -OCH3 is 1. The third kappa shape index (κ3) is 4.66. The molecule has 1 fully saturated rings. The van der Waals surface area contributed by atoms with Crippen molar-refractivity contribution in [2.75, 3.05) is 12.0 Å². The van der Waals surface area contributed by atoms with Gasteiger partial charge in [0.15, 0.2) is 16.7 Å². The summed E-state index contributed by atoms with van der Waals surface area (Å²) in [7, 11) is 1.50. The smallest absolute Gasteiger partial charge is 0.271 e. The molecule has 5 nitrogen and oxygen atoms in total. The van der Waals surface area contributed by atoms with Gasteiger partial charge in [-0.2, -0.15) is 0 Å². The predicted molar refractivity (Wildman–Crippen MR) is 136 cm³/mol. The van der Waals surface area contributed by atoms with Gasteiger partial charge < -0.3 is 9.84 Å². The molecule has 1 aliphatic heterocycles. The van der Waals surface area contributed by atoms with E-state index in [0.29, 0.717) is 15.8 Å². The van der Waals surface area contributed by atoms with Crippen molar-refractivity contribution in [1.29, 1.82) is 0 Å². The molecule has 0 spiro atoms. The lowest BCUT2D eigenvalue weighted by atomic mass is 10.1. The Morgan fingerprint density at radius 3 is 2.42 bits per heavy atom. The second kappa shape index (κ2) is 9.96. The number of amides is 1. The number of benzene rings is 3. The van der Waals surface area contributed by atoms with Gasteiger partial charge in [0.05, 0.1) is 23.4 Å². The third-order valence-electron chi connectivity index (χ3n) is 5.51. The second-order valence-corrected chi connectivity index (χ2v) is 8.55. The number of aliphatic imine (C=N–C) groups is 1. The molecule has 3 aromatic carbocycles. The number of carbonyl (C=O) groups excluding carboxylic acids is 1. The van der Waals surface area contributed by atoms with Gasteiger partial charge >= 0.3 is 0 Å². The van der Waals surface area contributed by atoms with Crippen molar-refractivity contribution in [2.45, 2.75) is 26.7 Å². The van der Waals surface area contributed by atoms with Crippen LogP contribution < -0.4 is 9.64 Å². The maximum absolute atomic E-state index is 13.6. The van der Waals surface area contributed by atoms with Gasteiger partial charge in [-0.3, -0.25) is 9.69 Å². The Hall–Kier alpha value is -3.51. The number of aromatic hydroxyl groups is 1. The van der Waals surface area contributed by atoms with Gasteiger partial charge in [0.25, 0.3) is 5.91 Å². The number of hydrogen-bond acceptors (Lipinski definition) is 5. The zero-order valence-corrected chi connectivity index (χ0v) is 19.7. The molecule has 3 aromatic rings. The summed E-state index contributed by atoms with van der Waals surface area (Å²) in [6, 6.07) is 21.0. The van der Waals surface area contributed by atoms with Crippen molar-refractivity contribution in [2.24, 2.45) is 4.99 Å². The molecule has 0 radical (unpaired) electrons. The highest BCUT2D eigenvalue weighted by atomic mass is 32.2. The number of phenolic OH excluding ortho intramolecular Hbond substituents is 1. The standard InChI is InChI=1S/C27H26N2O3S/c1-4-19-10-6-8-12-21(19)28-27-29(22-13-9-7-11-20(22)5-2)26(31)25(33-27)17-18-14-15-23(30)24(16-18)32-3/h6-17,30H,4-5H2,1-3H3/b25-17+,28-27?. The van der Waals surface area contributed by atoms with Gasteiger partial charge in [-0.05, 0) is 71.6 Å². The Kier molecular flexibility index (Phi) is 6.84. The molecule has 1 saturated heterocycles. The molecule has 0 bridgehead atoms. The lowest BCUT2D eigenvalue weighted by Crippen LogP contribution is -2.29. The highest BCUT2D eigenvalue weighted by Crippen LogP contribution is 2.39. The van der Waals surface area contributed by atoms with E-state index < -0.39 is 0 Å². The van der Waals surface area contributed by atoms with Crippen LogP contribution in [0.15, 0.2) is 76.6 Å². The predicted octanol–water partition coefficient (Wildman–Crippen LogP) is 6.33. The number of phenols is 1. The van der Waals surface area contributed by atoms with Gasteiger partial charge in [0.1, 0.15) is 0 Å². The number of anilines is 1. The molecule has 168 valence electrons. The molecule has 0 atom stereocenters. The van der Waals surface area contributed by atoms with Crippen molar-refractivity contribution in [3.05, 3.63) is 88.3 Å². The van der Waals surface area contributed by atoms with Crippen molar-refractivity contribution >= 4 is 40.3 Å². The molecule has 4 rings (SSSR count). The van der Waals surface area contributed by atoms with E-state index in [4.69, 9.17) is 9.73 Å². The van der Waals surface area contributed by atoms with Crippen molar-refractivity contribution < 1.29 is 14.6 Å². The van der Waals surface area contributed by atoms with E-state index in [1.54, 1.807) is 23.1 Å². The summed E-state index contributed by atoms with van der Waals surface area (Å²) >= 11 is 1.35. The number of para-hydroxylation sites is 2. The van der Waals surface area contributed by atoms with Crippen LogP contribution in [0.1, 0.15) is 30.5 Å². The van der Waals surface area contributed by atoms with E-state index in [0.717, 1.165) is 40.9 Å². The molecule has 0 saturated carbocycles. The van der Waals surface area contributed by atoms with E-state index in [1.165, 1.54) is 18.9 Å². The molecule has 1 heterocycles. The minimum atomic E-state index is -0.124. The zero-order chi connectivity index (χ0) is 23.4. The molecule has 0 unspecified atom stereocenters. The molecule has 1 aliphatic rings. The summed E-state index contributed by atoms with van der Waals surface area (Å²) in [5, 5.41) is 10.5. The van der Waals surface area contributed by atoms with Crippen molar-refractivity contribution in [1.82, 2.24) is 0 Å². The summed E-state index contributed by atoms with van der Waals surface area (Å²) in [6.07, 6.45) is 3.47. The fraction of sp³-hybridized carbons (Fsp3) is 0.185. The van der Waals surface area contributed by atoms with Gasteiger partial charge in [0, 0.05) is 0 Å². The Morgan fingerprint density at radius 2 is 1.70 bits per heavy atom. The molecule has 1 amide bonds. The number of thioether (sulfide) groups is 1. The fourth-order valence-electron chi connectivity index (χ4n) is 3.75. The van der Waals surface area contributed by atoms with E-state index in [-0.39, 0.29) is 11.7 Å². The maximum atomic E-state index is 13.6. The molecular weight excluding hydrogens is 432 g/mol. The van der Waals surface area contributed by atoms with Crippen LogP contribution in [-0.4, -0.2) is 23.3 Å². The molecule has 0 aromatic heterocycles. The zero-order valence-electron chi connectivity index (χ0n) is 18.9. The molecular formula is C27H26N2O3S. The first-order valence-corrected chi connectivity index (χ1v) is 11.7. The first-order valence-electron chi connectivity index (χ1n) is 10.9. The molecule has 33 heavy (non-hydrogen) atoms. The largest absolute Gasteiger partial charge is 0.504 e. The maximum Gasteiger partial charge on any atom is 0.271 e. The average molecular weight is 459 g/mol. The Bertz CT molecular complexity index is 1250. The monoisotopic (exact) mass is 458 g/mol. The molecule has 0 aliphatic carbocycles. The summed E-state index contributed by atoms with van der Waals surface area (Å²) in [6.45, 7) is 4.18. The Labute approximate surface area is 198 Å². The number of ether oxygens (including phenoxy) is 1. The van der Waals surface area contributed by atoms with Crippen LogP contribution in [0.25, 0.3) is 6.08 Å². The number of nitrogens with zero attached hydrogens (tertiary/aromatic N) is 2. The minimum absolute atomic E-state index is 0.0574. The number of rotatable bonds is 6. The third-order valence-corrected chi connectivity index (χ3v) is 6.48. The van der Waals surface area contributed by atoms with Crippen molar-refractivity contribution in [3.8, 4) is 11.5 Å². The quantitative estimate of drug-likeness (QED) is 0.438. The molecule has 1 N–H and O–H groups in total. The highest BCUT2D eigenvalue weighted by molar-refractivity contribution is 8.19. The van der Waals surface area contributed by atoms with E-state index in [9.17, 15) is 9.90 Å². The van der Waals surface area contributed by atoms with E-state index >= 15 is 0 Å². The van der Waals surface area contributed by atoms with E-state index in [1.807, 2.05) is 48.5 Å². The first kappa shape index (κ1) is 22.7. The Balaban J connectivity index is 1.83. The van der Waals surface area contributed by atoms with Gasteiger partial charge in [-0.1, -0.05) is 56.3 Å². The van der Waals surface area contributed by atoms with Crippen LogP contribution >= 0.6 is 11.8 Å². The second-order valence-electron chi connectivity index (χ2n) is 7.54. The number of amidine groups is 1. The number of hydrogen-bond donors (Lipinski definition) is 1. The SMILES string of the molecule is CCc1ccccc1N=C1S/C(=C/c2ccc(O)c(OC)c2)C(=O)N1c1ccccc1CC. The summed E-state index contributed by atoms with van der Waals surface area (Å²) in [4.78, 5) is 20.8. The highest BCUT2D eigenvalue weighted by Gasteiger charge is 2.35. The normalized spacial score (nSPS) is 16.1. The van der Waals surface area contributed by atoms with Crippen LogP contribution in [-0.2, 0) is 17.6 Å². The lowest BCUT2D eigenvalue weighted by Gasteiger charge is -2.19. The average Bonchev–Trinajstić information content (AvgIpc) is 3.14. The lowest BCUT2D eigenvalue weighted by molar-refractivity contribution is -0.113. The molecule has 6 heteroatoms. The van der Waals surface area contributed by atoms with Crippen LogP contribution in [0.2, 0.25) is 0 Å². The van der Waals surface area contributed by atoms with Crippen LogP contribution in [0.5, 0.6) is 11.5 Å². The van der Waals surface area contributed by atoms with Gasteiger partial charge in [-0.15, -0.1) is 0 Å². The summed E-state index contributed by atoms with van der Waals surface area (Å²) in [5.41, 5.74) is 4.68. The van der Waals surface area contributed by atoms with E-state index in [2.05, 4.69) is 19.9 Å². The summed E-state index contributed by atoms with van der Waals surface area (Å²) < 4.78 is 5.22. The first-order chi connectivity index (χ1) is 16.0. The van der Waals surface area contributed by atoms with Gasteiger partial charge in [0.2, 0.25) is 0 Å². The number of carbonyl (C=O) groups is 1.